The molecule has 0 fully saturated rings. The molecule has 0 radical (unpaired) electrons. The first-order chi connectivity index (χ1) is 9.83. The summed E-state index contributed by atoms with van der Waals surface area (Å²) in [4.78, 5) is 16.7. The zero-order valence-corrected chi connectivity index (χ0v) is 10.8. The van der Waals surface area contributed by atoms with Crippen molar-refractivity contribution in [2.45, 2.75) is 0 Å². The van der Waals surface area contributed by atoms with Crippen LogP contribution in [0, 0.1) is 0 Å². The van der Waals surface area contributed by atoms with Crippen LogP contribution in [-0.4, -0.2) is 9.97 Å². The number of H-pyrrole nitrogens is 2. The minimum Gasteiger partial charge on any atom is -0.361 e. The third-order valence-electron chi connectivity index (χ3n) is 3.10. The number of benzene rings is 2. The molecule has 0 saturated carbocycles. The van der Waals surface area contributed by atoms with Crippen LogP contribution in [0.15, 0.2) is 77.7 Å². The molecule has 2 N–H and O–H groups in total. The van der Waals surface area contributed by atoms with Crippen LogP contribution in [0.2, 0.25) is 0 Å². The summed E-state index contributed by atoms with van der Waals surface area (Å²) in [6, 6.07) is 21.3. The Morgan fingerprint density at radius 2 is 1.30 bits per heavy atom. The van der Waals surface area contributed by atoms with Gasteiger partial charge in [0.15, 0.2) is 0 Å². The summed E-state index contributed by atoms with van der Waals surface area (Å²) in [6.07, 6.45) is 1.95. The minimum absolute atomic E-state index is 0.0521. The zero-order valence-electron chi connectivity index (χ0n) is 10.8. The first kappa shape index (κ1) is 12.2. The summed E-state index contributed by atoms with van der Waals surface area (Å²) in [6.45, 7) is 0. The molecule has 20 heavy (non-hydrogen) atoms. The first-order valence-electron chi connectivity index (χ1n) is 6.43. The van der Waals surface area contributed by atoms with Crippen LogP contribution in [0.3, 0.4) is 0 Å². The smallest absolute Gasteiger partial charge is 0.248 e. The van der Waals surface area contributed by atoms with Crippen molar-refractivity contribution in [2.75, 3.05) is 0 Å². The third kappa shape index (κ3) is 2.62. The Kier molecular flexibility index (Phi) is 3.33. The Bertz CT molecular complexity index is 859. The minimum atomic E-state index is -0.0521. The topological polar surface area (TPSA) is 48.6 Å². The highest BCUT2D eigenvalue weighted by Gasteiger charge is 1.89. The molecular weight excluding hydrogens is 248 g/mol. The number of aromatic amines is 2. The van der Waals surface area contributed by atoms with Crippen LogP contribution < -0.4 is 5.56 Å². The predicted molar refractivity (Wildman–Crippen MR) is 82.9 cm³/mol. The third-order valence-corrected chi connectivity index (χ3v) is 3.10. The molecule has 0 aliphatic carbocycles. The van der Waals surface area contributed by atoms with Gasteiger partial charge in [0.2, 0.25) is 5.56 Å². The molecule has 2 aromatic carbocycles. The highest BCUT2D eigenvalue weighted by Crippen LogP contribution is 2.09. The van der Waals surface area contributed by atoms with Crippen LogP contribution in [-0.2, 0) is 0 Å². The van der Waals surface area contributed by atoms with Gasteiger partial charge >= 0.3 is 0 Å². The lowest BCUT2D eigenvalue weighted by Crippen LogP contribution is -2.01. The molecule has 4 rings (SSSR count). The van der Waals surface area contributed by atoms with Crippen molar-refractivity contribution in [1.29, 1.82) is 0 Å². The molecule has 2 heterocycles. The monoisotopic (exact) mass is 262 g/mol. The number of rotatable bonds is 0. The summed E-state index contributed by atoms with van der Waals surface area (Å²) >= 11 is 0. The molecule has 0 unspecified atom stereocenters. The van der Waals surface area contributed by atoms with Crippen LogP contribution in [0.4, 0.5) is 0 Å². The fraction of sp³-hybridized carbons (Fsp3) is 0. The molecule has 3 heteroatoms. The van der Waals surface area contributed by atoms with Gasteiger partial charge in [0, 0.05) is 23.3 Å². The molecule has 0 aliphatic heterocycles. The summed E-state index contributed by atoms with van der Waals surface area (Å²) in [5.74, 6) is 0. The van der Waals surface area contributed by atoms with E-state index in [9.17, 15) is 4.79 Å². The lowest BCUT2D eigenvalue weighted by Gasteiger charge is -1.93. The van der Waals surface area contributed by atoms with Crippen LogP contribution in [0.25, 0.3) is 21.8 Å². The van der Waals surface area contributed by atoms with Gasteiger partial charge in [0.1, 0.15) is 0 Å². The fourth-order valence-corrected chi connectivity index (χ4v) is 2.09. The second kappa shape index (κ2) is 5.45. The molecule has 4 aromatic rings. The largest absolute Gasteiger partial charge is 0.361 e. The standard InChI is InChI=1S/C9H7NO.C8H7N/c11-9-6-5-7-3-1-2-4-8(7)10-9;1-2-4-8-7(3-1)5-6-9-8/h1-6H,(H,10,11);1-6,9H. The number of para-hydroxylation sites is 2. The van der Waals surface area contributed by atoms with Gasteiger partial charge in [-0.25, -0.2) is 0 Å². The van der Waals surface area contributed by atoms with Gasteiger partial charge in [-0.05, 0) is 35.0 Å². The van der Waals surface area contributed by atoms with Crippen molar-refractivity contribution in [3.8, 4) is 0 Å². The molecule has 0 spiro atoms. The van der Waals surface area contributed by atoms with Crippen molar-refractivity contribution >= 4 is 21.8 Å². The molecule has 0 atom stereocenters. The Labute approximate surface area is 115 Å². The average molecular weight is 262 g/mol. The van der Waals surface area contributed by atoms with E-state index in [4.69, 9.17) is 0 Å². The molecule has 0 bridgehead atoms. The number of fused-ring (bicyclic) bond motifs is 2. The van der Waals surface area contributed by atoms with E-state index in [0.29, 0.717) is 0 Å². The van der Waals surface area contributed by atoms with Crippen LogP contribution in [0.5, 0.6) is 0 Å². The van der Waals surface area contributed by atoms with Crippen molar-refractivity contribution in [1.82, 2.24) is 9.97 Å². The summed E-state index contributed by atoms with van der Waals surface area (Å²) in [5, 5.41) is 2.34. The lowest BCUT2D eigenvalue weighted by molar-refractivity contribution is 1.31. The van der Waals surface area contributed by atoms with E-state index in [2.05, 4.69) is 28.2 Å². The number of hydrogen-bond acceptors (Lipinski definition) is 1. The number of hydrogen-bond donors (Lipinski definition) is 2. The molecule has 2 aromatic heterocycles. The van der Waals surface area contributed by atoms with Gasteiger partial charge in [-0.2, -0.15) is 0 Å². The van der Waals surface area contributed by atoms with E-state index in [0.717, 1.165) is 10.9 Å². The number of pyridine rings is 1. The first-order valence-corrected chi connectivity index (χ1v) is 6.43. The van der Waals surface area contributed by atoms with Gasteiger partial charge in [-0.15, -0.1) is 0 Å². The normalized spacial score (nSPS) is 10.2. The molecular formula is C17H14N2O. The quantitative estimate of drug-likeness (QED) is 0.499. The van der Waals surface area contributed by atoms with Gasteiger partial charge in [0.05, 0.1) is 0 Å². The van der Waals surface area contributed by atoms with Crippen LogP contribution in [0.1, 0.15) is 0 Å². The van der Waals surface area contributed by atoms with Gasteiger partial charge in [-0.1, -0.05) is 36.4 Å². The van der Waals surface area contributed by atoms with Crippen molar-refractivity contribution < 1.29 is 0 Å². The summed E-state index contributed by atoms with van der Waals surface area (Å²) in [7, 11) is 0. The lowest BCUT2D eigenvalue weighted by atomic mass is 10.2. The number of nitrogens with one attached hydrogen (secondary N) is 2. The SMILES string of the molecule is O=c1ccc2ccccc2[nH]1.c1ccc2[nH]ccc2c1. The summed E-state index contributed by atoms with van der Waals surface area (Å²) < 4.78 is 0. The second-order valence-electron chi connectivity index (χ2n) is 4.47. The van der Waals surface area contributed by atoms with Crippen molar-refractivity contribution in [2.24, 2.45) is 0 Å². The fourth-order valence-electron chi connectivity index (χ4n) is 2.09. The maximum atomic E-state index is 10.8. The zero-order chi connectivity index (χ0) is 13.8. The van der Waals surface area contributed by atoms with E-state index in [1.165, 1.54) is 17.0 Å². The Morgan fingerprint density at radius 3 is 2.05 bits per heavy atom. The Hall–Kier alpha value is -2.81. The molecule has 98 valence electrons. The maximum Gasteiger partial charge on any atom is 0.248 e. The van der Waals surface area contributed by atoms with E-state index in [1.54, 1.807) is 0 Å². The predicted octanol–water partition coefficient (Wildman–Crippen LogP) is 3.70. The van der Waals surface area contributed by atoms with E-state index in [1.807, 2.05) is 48.7 Å². The molecule has 0 amide bonds. The van der Waals surface area contributed by atoms with Gasteiger partial charge in [0.25, 0.3) is 0 Å². The Morgan fingerprint density at radius 1 is 0.650 bits per heavy atom. The maximum absolute atomic E-state index is 10.8. The molecule has 0 saturated heterocycles. The second-order valence-corrected chi connectivity index (χ2v) is 4.47. The highest BCUT2D eigenvalue weighted by molar-refractivity contribution is 5.79. The van der Waals surface area contributed by atoms with Crippen molar-refractivity contribution in [3.63, 3.8) is 0 Å². The molecule has 0 aliphatic rings. The van der Waals surface area contributed by atoms with E-state index < -0.39 is 0 Å². The average Bonchev–Trinajstić information content (AvgIpc) is 2.96. The summed E-state index contributed by atoms with van der Waals surface area (Å²) in [5.41, 5.74) is 2.04. The van der Waals surface area contributed by atoms with Crippen molar-refractivity contribution in [3.05, 3.63) is 83.3 Å². The highest BCUT2D eigenvalue weighted by atomic mass is 16.1. The molecule has 3 nitrogen and oxygen atoms in total. The van der Waals surface area contributed by atoms with Gasteiger partial charge < -0.3 is 9.97 Å². The Balaban J connectivity index is 0.000000123. The van der Waals surface area contributed by atoms with Gasteiger partial charge in [-0.3, -0.25) is 4.79 Å². The number of aromatic nitrogens is 2. The van der Waals surface area contributed by atoms with Crippen LogP contribution >= 0.6 is 0 Å². The van der Waals surface area contributed by atoms with E-state index >= 15 is 0 Å². The van der Waals surface area contributed by atoms with E-state index in [-0.39, 0.29) is 5.56 Å².